The number of hydrogen-bond donors (Lipinski definition) is 0. The molecule has 4 rings (SSSR count). The van der Waals surface area contributed by atoms with Crippen molar-refractivity contribution in [1.29, 1.82) is 0 Å². The molecule has 0 amide bonds. The molecule has 1 heterocycles. The Balaban J connectivity index is 1.68. The van der Waals surface area contributed by atoms with E-state index in [1.807, 2.05) is 66.9 Å². The van der Waals surface area contributed by atoms with Crippen molar-refractivity contribution >= 4 is 16.8 Å². The fourth-order valence-electron chi connectivity index (χ4n) is 3.54. The summed E-state index contributed by atoms with van der Waals surface area (Å²) in [5.74, 6) is 0.789. The SMILES string of the molecule is CN(C)CCc1cn(C(=O)c2ccccc2)c2ccc(OCc3ccccc3)cc12. The number of carbonyl (C=O) groups is 1. The summed E-state index contributed by atoms with van der Waals surface area (Å²) in [6, 6.07) is 25.5. The Kier molecular flexibility index (Phi) is 5.96. The van der Waals surface area contributed by atoms with Crippen molar-refractivity contribution in [2.45, 2.75) is 13.0 Å². The van der Waals surface area contributed by atoms with E-state index in [4.69, 9.17) is 4.74 Å². The first-order chi connectivity index (χ1) is 14.6. The van der Waals surface area contributed by atoms with Gasteiger partial charge in [-0.05, 0) is 62.0 Å². The van der Waals surface area contributed by atoms with Gasteiger partial charge in [0, 0.05) is 23.7 Å². The van der Waals surface area contributed by atoms with Crippen LogP contribution >= 0.6 is 0 Å². The van der Waals surface area contributed by atoms with Crippen LogP contribution in [0.25, 0.3) is 10.9 Å². The molecular formula is C26H26N2O2. The molecular weight excluding hydrogens is 372 g/mol. The summed E-state index contributed by atoms with van der Waals surface area (Å²) in [7, 11) is 4.12. The largest absolute Gasteiger partial charge is 0.489 e. The van der Waals surface area contributed by atoms with E-state index in [1.54, 1.807) is 4.57 Å². The molecule has 0 spiro atoms. The highest BCUT2D eigenvalue weighted by molar-refractivity contribution is 6.03. The number of rotatable bonds is 7. The second kappa shape index (κ2) is 8.97. The van der Waals surface area contributed by atoms with Crippen molar-refractivity contribution in [2.75, 3.05) is 20.6 Å². The highest BCUT2D eigenvalue weighted by Crippen LogP contribution is 2.28. The minimum absolute atomic E-state index is 0.0188. The number of benzene rings is 3. The van der Waals surface area contributed by atoms with Gasteiger partial charge in [0.15, 0.2) is 0 Å². The van der Waals surface area contributed by atoms with Crippen molar-refractivity contribution in [2.24, 2.45) is 0 Å². The van der Waals surface area contributed by atoms with Crippen molar-refractivity contribution in [3.8, 4) is 5.75 Å². The predicted octanol–water partition coefficient (Wildman–Crippen LogP) is 5.01. The minimum atomic E-state index is -0.0188. The third-order valence-corrected chi connectivity index (χ3v) is 5.17. The number of hydrogen-bond acceptors (Lipinski definition) is 3. The van der Waals surface area contributed by atoms with E-state index >= 15 is 0 Å². The Morgan fingerprint density at radius 3 is 2.33 bits per heavy atom. The van der Waals surface area contributed by atoms with Crippen LogP contribution in [-0.4, -0.2) is 36.0 Å². The van der Waals surface area contributed by atoms with Gasteiger partial charge in [0.25, 0.3) is 5.91 Å². The second-order valence-corrected chi connectivity index (χ2v) is 7.70. The van der Waals surface area contributed by atoms with Gasteiger partial charge in [-0.3, -0.25) is 9.36 Å². The molecule has 0 N–H and O–H groups in total. The maximum atomic E-state index is 13.1. The van der Waals surface area contributed by atoms with E-state index in [-0.39, 0.29) is 5.91 Å². The monoisotopic (exact) mass is 398 g/mol. The summed E-state index contributed by atoms with van der Waals surface area (Å²) in [6.07, 6.45) is 2.84. The minimum Gasteiger partial charge on any atom is -0.489 e. The number of ether oxygens (including phenoxy) is 1. The van der Waals surface area contributed by atoms with Crippen LogP contribution in [0.1, 0.15) is 21.5 Å². The molecule has 0 aliphatic heterocycles. The molecule has 1 aromatic heterocycles. The van der Waals surface area contributed by atoms with Gasteiger partial charge < -0.3 is 9.64 Å². The first-order valence-electron chi connectivity index (χ1n) is 10.2. The van der Waals surface area contributed by atoms with Gasteiger partial charge in [-0.1, -0.05) is 48.5 Å². The zero-order valence-electron chi connectivity index (χ0n) is 17.4. The van der Waals surface area contributed by atoms with E-state index in [2.05, 4.69) is 37.2 Å². The summed E-state index contributed by atoms with van der Waals surface area (Å²) >= 11 is 0. The molecule has 0 aliphatic carbocycles. The van der Waals surface area contributed by atoms with Crippen molar-refractivity contribution < 1.29 is 9.53 Å². The lowest BCUT2D eigenvalue weighted by molar-refractivity contribution is 0.0965. The first kappa shape index (κ1) is 19.9. The van der Waals surface area contributed by atoms with Crippen molar-refractivity contribution in [1.82, 2.24) is 9.47 Å². The molecule has 152 valence electrons. The molecule has 4 heteroatoms. The average Bonchev–Trinajstić information content (AvgIpc) is 3.15. The van der Waals surface area contributed by atoms with Crippen molar-refractivity contribution in [3.63, 3.8) is 0 Å². The number of aromatic nitrogens is 1. The highest BCUT2D eigenvalue weighted by Gasteiger charge is 2.16. The Morgan fingerprint density at radius 1 is 0.933 bits per heavy atom. The van der Waals surface area contributed by atoms with Gasteiger partial charge >= 0.3 is 0 Å². The molecule has 4 aromatic rings. The topological polar surface area (TPSA) is 34.5 Å². The van der Waals surface area contributed by atoms with Crippen LogP contribution in [0.5, 0.6) is 5.75 Å². The van der Waals surface area contributed by atoms with Crippen LogP contribution in [0, 0.1) is 0 Å². The molecule has 3 aromatic carbocycles. The fourth-order valence-corrected chi connectivity index (χ4v) is 3.54. The summed E-state index contributed by atoms with van der Waals surface area (Å²) in [4.78, 5) is 15.3. The van der Waals surface area contributed by atoms with E-state index in [0.29, 0.717) is 12.2 Å². The number of fused-ring (bicyclic) bond motifs is 1. The summed E-state index contributed by atoms with van der Waals surface area (Å²) < 4.78 is 7.79. The predicted molar refractivity (Wildman–Crippen MR) is 121 cm³/mol. The lowest BCUT2D eigenvalue weighted by atomic mass is 10.1. The van der Waals surface area contributed by atoms with E-state index < -0.39 is 0 Å². The first-order valence-corrected chi connectivity index (χ1v) is 10.2. The van der Waals surface area contributed by atoms with Crippen LogP contribution in [0.2, 0.25) is 0 Å². The van der Waals surface area contributed by atoms with Gasteiger partial charge in [-0.2, -0.15) is 0 Å². The number of likely N-dealkylation sites (N-methyl/N-ethyl adjacent to an activating group) is 1. The van der Waals surface area contributed by atoms with Gasteiger partial charge in [-0.15, -0.1) is 0 Å². The van der Waals surface area contributed by atoms with Crippen LogP contribution in [-0.2, 0) is 13.0 Å². The summed E-state index contributed by atoms with van der Waals surface area (Å²) in [5.41, 5.74) is 3.86. The molecule has 0 radical (unpaired) electrons. The van der Waals surface area contributed by atoms with E-state index in [9.17, 15) is 4.79 Å². The smallest absolute Gasteiger partial charge is 0.262 e. The number of nitrogens with zero attached hydrogens (tertiary/aromatic N) is 2. The van der Waals surface area contributed by atoms with Crippen molar-refractivity contribution in [3.05, 3.63) is 102 Å². The Hall–Kier alpha value is -3.37. The van der Waals surface area contributed by atoms with Crippen LogP contribution in [0.3, 0.4) is 0 Å². The van der Waals surface area contributed by atoms with Crippen LogP contribution in [0.4, 0.5) is 0 Å². The maximum absolute atomic E-state index is 13.1. The molecule has 4 nitrogen and oxygen atoms in total. The van der Waals surface area contributed by atoms with Gasteiger partial charge in [0.05, 0.1) is 5.52 Å². The molecule has 0 bridgehead atoms. The normalized spacial score (nSPS) is 11.2. The molecule has 30 heavy (non-hydrogen) atoms. The van der Waals surface area contributed by atoms with E-state index in [1.165, 1.54) is 0 Å². The summed E-state index contributed by atoms with van der Waals surface area (Å²) in [5, 5.41) is 1.06. The van der Waals surface area contributed by atoms with Crippen LogP contribution in [0.15, 0.2) is 85.1 Å². The third kappa shape index (κ3) is 4.44. The maximum Gasteiger partial charge on any atom is 0.262 e. The van der Waals surface area contributed by atoms with Gasteiger partial charge in [0.1, 0.15) is 12.4 Å². The fraction of sp³-hybridized carbons (Fsp3) is 0.192. The van der Waals surface area contributed by atoms with Gasteiger partial charge in [0.2, 0.25) is 0 Å². The number of carbonyl (C=O) groups excluding carboxylic acids is 1. The zero-order valence-corrected chi connectivity index (χ0v) is 17.4. The molecule has 0 saturated carbocycles. The molecule has 0 atom stereocenters. The lowest BCUT2D eigenvalue weighted by Gasteiger charge is -2.09. The Labute approximate surface area is 177 Å². The second-order valence-electron chi connectivity index (χ2n) is 7.70. The van der Waals surface area contributed by atoms with Gasteiger partial charge in [-0.25, -0.2) is 0 Å². The molecule has 0 saturated heterocycles. The van der Waals surface area contributed by atoms with Crippen LogP contribution < -0.4 is 4.74 Å². The highest BCUT2D eigenvalue weighted by atomic mass is 16.5. The molecule has 0 unspecified atom stereocenters. The average molecular weight is 399 g/mol. The van der Waals surface area contributed by atoms with E-state index in [0.717, 1.165) is 40.7 Å². The molecule has 0 aliphatic rings. The standard InChI is InChI=1S/C26H26N2O2/c1-27(2)16-15-22-18-28(26(29)21-11-7-4-8-12-21)25-14-13-23(17-24(22)25)30-19-20-9-5-3-6-10-20/h3-14,17-18H,15-16,19H2,1-2H3. The third-order valence-electron chi connectivity index (χ3n) is 5.17. The zero-order chi connectivity index (χ0) is 20.9. The quantitative estimate of drug-likeness (QED) is 0.439. The molecule has 0 fully saturated rings. The lowest BCUT2D eigenvalue weighted by Crippen LogP contribution is -2.15. The Morgan fingerprint density at radius 2 is 1.63 bits per heavy atom. The Bertz CT molecular complexity index is 1130. The summed E-state index contributed by atoms with van der Waals surface area (Å²) in [6.45, 7) is 1.43.